The number of hydrogen-bond acceptors (Lipinski definition) is 3. The largest absolute Gasteiger partial charge is 0.416 e. The zero-order valence-electron chi connectivity index (χ0n) is 15.1. The smallest absolute Gasteiger partial charge is 0.338 e. The Hall–Kier alpha value is -3.03. The van der Waals surface area contributed by atoms with Crippen LogP contribution >= 0.6 is 0 Å². The van der Waals surface area contributed by atoms with Gasteiger partial charge in [0.2, 0.25) is 11.8 Å². The summed E-state index contributed by atoms with van der Waals surface area (Å²) < 4.78 is 38.7. The number of fused-ring (bicyclic) bond motifs is 3. The van der Waals surface area contributed by atoms with Gasteiger partial charge in [0, 0.05) is 25.7 Å². The summed E-state index contributed by atoms with van der Waals surface area (Å²) in [5.41, 5.74) is 1.35. The van der Waals surface area contributed by atoms with Gasteiger partial charge in [-0.25, -0.2) is 0 Å². The van der Waals surface area contributed by atoms with Gasteiger partial charge in [-0.1, -0.05) is 12.1 Å². The third kappa shape index (κ3) is 3.08. The van der Waals surface area contributed by atoms with Gasteiger partial charge < -0.3 is 14.7 Å². The minimum absolute atomic E-state index is 0.0282. The van der Waals surface area contributed by atoms with Crippen molar-refractivity contribution in [2.45, 2.75) is 19.1 Å². The zero-order chi connectivity index (χ0) is 20.1. The van der Waals surface area contributed by atoms with E-state index in [0.29, 0.717) is 24.5 Å². The number of benzene rings is 2. The van der Waals surface area contributed by atoms with E-state index in [-0.39, 0.29) is 24.4 Å². The number of para-hydroxylation sites is 2. The van der Waals surface area contributed by atoms with E-state index in [9.17, 15) is 22.8 Å². The molecule has 2 aliphatic rings. The lowest BCUT2D eigenvalue weighted by molar-refractivity contribution is -0.137. The highest BCUT2D eigenvalue weighted by Gasteiger charge is 2.40. The predicted octanol–water partition coefficient (Wildman–Crippen LogP) is 3.42. The molecule has 0 radical (unpaired) electrons. The summed E-state index contributed by atoms with van der Waals surface area (Å²) in [5, 5.41) is 0. The Morgan fingerprint density at radius 2 is 1.64 bits per heavy atom. The van der Waals surface area contributed by atoms with Crippen LogP contribution in [0.5, 0.6) is 0 Å². The number of rotatable bonds is 1. The first-order valence-corrected chi connectivity index (χ1v) is 8.87. The van der Waals surface area contributed by atoms with Gasteiger partial charge in [0.15, 0.2) is 0 Å². The van der Waals surface area contributed by atoms with E-state index in [1.165, 1.54) is 24.0 Å². The molecule has 0 aromatic heterocycles. The first-order valence-electron chi connectivity index (χ1n) is 8.87. The molecule has 4 rings (SSSR count). The Balaban J connectivity index is 1.73. The van der Waals surface area contributed by atoms with Crippen LogP contribution in [0.4, 0.5) is 30.2 Å². The number of amides is 2. The van der Waals surface area contributed by atoms with Crippen molar-refractivity contribution in [3.05, 3.63) is 54.1 Å². The fourth-order valence-corrected chi connectivity index (χ4v) is 3.83. The molecule has 146 valence electrons. The number of halogens is 3. The van der Waals surface area contributed by atoms with Crippen LogP contribution in [-0.4, -0.2) is 42.4 Å². The van der Waals surface area contributed by atoms with Crippen LogP contribution in [0.15, 0.2) is 48.5 Å². The van der Waals surface area contributed by atoms with Crippen molar-refractivity contribution < 1.29 is 22.8 Å². The molecular weight excluding hydrogens is 371 g/mol. The minimum Gasteiger partial charge on any atom is -0.338 e. The van der Waals surface area contributed by atoms with Crippen LogP contribution in [0.25, 0.3) is 0 Å². The number of piperazine rings is 1. The van der Waals surface area contributed by atoms with Crippen molar-refractivity contribution in [3.63, 3.8) is 0 Å². The molecular formula is C20H18F3N3O2. The highest BCUT2D eigenvalue weighted by molar-refractivity contribution is 6.02. The molecule has 1 saturated heterocycles. The number of anilines is 3. The van der Waals surface area contributed by atoms with E-state index in [0.717, 1.165) is 17.8 Å². The van der Waals surface area contributed by atoms with E-state index in [1.807, 2.05) is 29.2 Å². The molecule has 8 heteroatoms. The van der Waals surface area contributed by atoms with E-state index in [4.69, 9.17) is 0 Å². The quantitative estimate of drug-likeness (QED) is 0.751. The average molecular weight is 389 g/mol. The molecule has 0 bridgehead atoms. The zero-order valence-corrected chi connectivity index (χ0v) is 15.1. The van der Waals surface area contributed by atoms with Gasteiger partial charge >= 0.3 is 6.18 Å². The molecule has 0 saturated carbocycles. The van der Waals surface area contributed by atoms with Crippen LogP contribution in [0.2, 0.25) is 0 Å². The lowest BCUT2D eigenvalue weighted by Gasteiger charge is -2.48. The van der Waals surface area contributed by atoms with Gasteiger partial charge in [0.25, 0.3) is 0 Å². The number of nitrogens with zero attached hydrogens (tertiary/aromatic N) is 3. The van der Waals surface area contributed by atoms with Crippen molar-refractivity contribution in [2.75, 3.05) is 29.4 Å². The van der Waals surface area contributed by atoms with Crippen molar-refractivity contribution in [3.8, 4) is 0 Å². The highest BCUT2D eigenvalue weighted by Crippen LogP contribution is 2.41. The molecule has 2 amide bonds. The molecule has 2 heterocycles. The monoisotopic (exact) mass is 389 g/mol. The number of carbonyl (C=O) groups is 2. The van der Waals surface area contributed by atoms with Crippen LogP contribution in [0.1, 0.15) is 12.5 Å². The van der Waals surface area contributed by atoms with Gasteiger partial charge in [0.1, 0.15) is 6.54 Å². The highest BCUT2D eigenvalue weighted by atomic mass is 19.4. The lowest BCUT2D eigenvalue weighted by atomic mass is 10.0. The SMILES string of the molecule is CC(=O)N1CC(=O)N2c3ccccc3N(c3ccc(C(F)(F)F)cc3)CC2C1. The standard InChI is InChI=1S/C20H18F3N3O2/c1-13(27)24-10-16-11-25(15-8-6-14(7-9-15)20(21,22)23)17-4-2-3-5-18(17)26(16)19(28)12-24/h2-9,16H,10-12H2,1H3. The van der Waals surface area contributed by atoms with Crippen molar-refractivity contribution in [1.29, 1.82) is 0 Å². The van der Waals surface area contributed by atoms with E-state index < -0.39 is 11.7 Å². The molecule has 0 aliphatic carbocycles. The fourth-order valence-electron chi connectivity index (χ4n) is 3.83. The summed E-state index contributed by atoms with van der Waals surface area (Å²) in [5.74, 6) is -0.334. The van der Waals surface area contributed by atoms with Crippen LogP contribution < -0.4 is 9.80 Å². The van der Waals surface area contributed by atoms with Gasteiger partial charge in [-0.2, -0.15) is 13.2 Å². The van der Waals surface area contributed by atoms with E-state index in [2.05, 4.69) is 0 Å². The molecule has 28 heavy (non-hydrogen) atoms. The lowest BCUT2D eigenvalue weighted by Crippen LogP contribution is -2.62. The van der Waals surface area contributed by atoms with Crippen molar-refractivity contribution in [1.82, 2.24) is 4.90 Å². The molecule has 5 nitrogen and oxygen atoms in total. The molecule has 1 fully saturated rings. The van der Waals surface area contributed by atoms with Gasteiger partial charge in [-0.3, -0.25) is 9.59 Å². The first kappa shape index (κ1) is 18.3. The predicted molar refractivity (Wildman–Crippen MR) is 98.4 cm³/mol. The van der Waals surface area contributed by atoms with E-state index >= 15 is 0 Å². The summed E-state index contributed by atoms with van der Waals surface area (Å²) in [6, 6.07) is 12.0. The Labute approximate surface area is 159 Å². The molecule has 0 N–H and O–H groups in total. The van der Waals surface area contributed by atoms with Crippen LogP contribution in [0, 0.1) is 0 Å². The summed E-state index contributed by atoms with van der Waals surface area (Å²) in [7, 11) is 0. The normalized spacial score (nSPS) is 19.4. The average Bonchev–Trinajstić information content (AvgIpc) is 2.66. The van der Waals surface area contributed by atoms with Gasteiger partial charge in [-0.05, 0) is 36.4 Å². The minimum atomic E-state index is -4.40. The van der Waals surface area contributed by atoms with Crippen molar-refractivity contribution in [2.24, 2.45) is 0 Å². The Morgan fingerprint density at radius 1 is 1.00 bits per heavy atom. The second-order valence-corrected chi connectivity index (χ2v) is 6.96. The summed E-state index contributed by atoms with van der Waals surface area (Å²) in [4.78, 5) is 29.6. The fraction of sp³-hybridized carbons (Fsp3) is 0.300. The maximum absolute atomic E-state index is 12.9. The van der Waals surface area contributed by atoms with Gasteiger partial charge in [-0.15, -0.1) is 0 Å². The third-order valence-corrected chi connectivity index (χ3v) is 5.17. The summed E-state index contributed by atoms with van der Waals surface area (Å²) in [6.07, 6.45) is -4.40. The van der Waals surface area contributed by atoms with Crippen LogP contribution in [-0.2, 0) is 15.8 Å². The summed E-state index contributed by atoms with van der Waals surface area (Å²) in [6.45, 7) is 2.22. The Bertz CT molecular complexity index is 927. The number of carbonyl (C=O) groups excluding carboxylic acids is 2. The maximum Gasteiger partial charge on any atom is 0.416 e. The van der Waals surface area contributed by atoms with E-state index in [1.54, 1.807) is 4.90 Å². The van der Waals surface area contributed by atoms with Crippen molar-refractivity contribution >= 4 is 28.9 Å². The molecule has 2 aromatic rings. The number of hydrogen-bond donors (Lipinski definition) is 0. The molecule has 1 atom stereocenters. The number of alkyl halides is 3. The third-order valence-electron chi connectivity index (χ3n) is 5.17. The Morgan fingerprint density at radius 3 is 2.25 bits per heavy atom. The molecule has 2 aliphatic heterocycles. The maximum atomic E-state index is 12.9. The summed E-state index contributed by atoms with van der Waals surface area (Å²) >= 11 is 0. The molecule has 2 aromatic carbocycles. The van der Waals surface area contributed by atoms with Crippen LogP contribution in [0.3, 0.4) is 0 Å². The first-order chi connectivity index (χ1) is 13.3. The van der Waals surface area contributed by atoms with Gasteiger partial charge in [0.05, 0.1) is 23.0 Å². The Kier molecular flexibility index (Phi) is 4.28. The molecule has 1 unspecified atom stereocenters. The second kappa shape index (κ2) is 6.54. The topological polar surface area (TPSA) is 43.9 Å². The molecule has 0 spiro atoms. The second-order valence-electron chi connectivity index (χ2n) is 6.96.